The van der Waals surface area contributed by atoms with Gasteiger partial charge in [-0.3, -0.25) is 9.36 Å². The van der Waals surface area contributed by atoms with E-state index in [4.69, 9.17) is 4.74 Å². The molecule has 1 saturated heterocycles. The monoisotopic (exact) mass is 412 g/mol. The van der Waals surface area contributed by atoms with Crippen LogP contribution in [0.5, 0.6) is 0 Å². The average Bonchev–Trinajstić information content (AvgIpc) is 3.20. The van der Waals surface area contributed by atoms with Gasteiger partial charge in [-0.1, -0.05) is 18.2 Å². The maximum atomic E-state index is 5.71. The summed E-state index contributed by atoms with van der Waals surface area (Å²) >= 11 is 0. The average molecular weight is 412 g/mol. The molecule has 0 amide bonds. The van der Waals surface area contributed by atoms with Crippen LogP contribution in [0, 0.1) is 0 Å². The number of aryl methyl sites for hydroxylation is 1. The van der Waals surface area contributed by atoms with Gasteiger partial charge in [0, 0.05) is 60.5 Å². The number of ether oxygens (including phenoxy) is 1. The Labute approximate surface area is 180 Å². The van der Waals surface area contributed by atoms with Crippen LogP contribution in [0.3, 0.4) is 0 Å². The van der Waals surface area contributed by atoms with Gasteiger partial charge in [0.25, 0.3) is 0 Å². The van der Waals surface area contributed by atoms with Crippen molar-refractivity contribution in [1.82, 2.24) is 29.5 Å². The smallest absolute Gasteiger partial charge is 0.159 e. The van der Waals surface area contributed by atoms with Gasteiger partial charge in [0.15, 0.2) is 5.82 Å². The van der Waals surface area contributed by atoms with Gasteiger partial charge in [-0.15, -0.1) is 0 Å². The van der Waals surface area contributed by atoms with Crippen LogP contribution in [0.15, 0.2) is 61.4 Å². The highest BCUT2D eigenvalue weighted by atomic mass is 16.6. The largest absolute Gasteiger partial charge is 0.370 e. The number of hydrogen-bond donors (Lipinski definition) is 0. The molecule has 7 nitrogen and oxygen atoms in total. The highest BCUT2D eigenvalue weighted by Crippen LogP contribution is 2.45. The zero-order valence-corrected chi connectivity index (χ0v) is 17.5. The predicted molar refractivity (Wildman–Crippen MR) is 117 cm³/mol. The molecule has 7 heteroatoms. The molecule has 1 aromatic carbocycles. The summed E-state index contributed by atoms with van der Waals surface area (Å²) in [5, 5.41) is 8.89. The van der Waals surface area contributed by atoms with E-state index in [1.807, 2.05) is 50.2 Å². The number of rotatable bonds is 4. The summed E-state index contributed by atoms with van der Waals surface area (Å²) in [7, 11) is 1.92. The lowest BCUT2D eigenvalue weighted by Crippen LogP contribution is -2.25. The first-order valence-corrected chi connectivity index (χ1v) is 10.8. The second kappa shape index (κ2) is 7.13. The van der Waals surface area contributed by atoms with Crippen molar-refractivity contribution in [2.24, 2.45) is 7.05 Å². The minimum atomic E-state index is 0.143. The normalized spacial score (nSPS) is 22.7. The third-order valence-corrected chi connectivity index (χ3v) is 6.45. The fourth-order valence-electron chi connectivity index (χ4n) is 4.60. The Morgan fingerprint density at radius 2 is 1.71 bits per heavy atom. The van der Waals surface area contributed by atoms with E-state index in [9.17, 15) is 0 Å². The van der Waals surface area contributed by atoms with E-state index in [-0.39, 0.29) is 5.60 Å². The van der Waals surface area contributed by atoms with Crippen LogP contribution in [0.2, 0.25) is 0 Å². The Morgan fingerprint density at radius 1 is 0.935 bits per heavy atom. The van der Waals surface area contributed by atoms with Crippen LogP contribution < -0.4 is 0 Å². The molecule has 1 aliphatic carbocycles. The first-order valence-electron chi connectivity index (χ1n) is 10.8. The molecular formula is C24H24N6O. The number of epoxide rings is 1. The maximum absolute atomic E-state index is 5.71. The molecule has 1 aliphatic heterocycles. The Balaban J connectivity index is 1.22. The van der Waals surface area contributed by atoms with Gasteiger partial charge in [0.2, 0.25) is 0 Å². The van der Waals surface area contributed by atoms with Crippen molar-refractivity contribution in [3.63, 3.8) is 0 Å². The summed E-state index contributed by atoms with van der Waals surface area (Å²) in [6.07, 6.45) is 16.3. The summed E-state index contributed by atoms with van der Waals surface area (Å²) in [4.78, 5) is 9.26. The lowest BCUT2D eigenvalue weighted by atomic mass is 9.86. The standard InChI is InChI=1S/C24H24N6O/c1-29-14-20(12-27-29)17-4-2-5-18(8-17)23-25-10-19(11-26-23)21-13-28-30(15-21)22-6-3-7-24(9-22)16-31-24/h2,4-5,8,10-15,22H,3,6-7,9,16H2,1H3. The number of nitrogens with zero attached hydrogens (tertiary/aromatic N) is 6. The van der Waals surface area contributed by atoms with Gasteiger partial charge < -0.3 is 4.74 Å². The summed E-state index contributed by atoms with van der Waals surface area (Å²) in [6.45, 7) is 0.912. The topological polar surface area (TPSA) is 74.0 Å². The minimum absolute atomic E-state index is 0.143. The van der Waals surface area contributed by atoms with Crippen LogP contribution in [0.1, 0.15) is 31.7 Å². The molecule has 31 heavy (non-hydrogen) atoms. The number of benzene rings is 1. The van der Waals surface area contributed by atoms with Crippen molar-refractivity contribution >= 4 is 0 Å². The first kappa shape index (κ1) is 18.4. The van der Waals surface area contributed by atoms with Crippen molar-refractivity contribution in [2.75, 3.05) is 6.61 Å². The van der Waals surface area contributed by atoms with Crippen molar-refractivity contribution < 1.29 is 4.74 Å². The fourth-order valence-corrected chi connectivity index (χ4v) is 4.60. The van der Waals surface area contributed by atoms with Gasteiger partial charge in [0.1, 0.15) is 0 Å². The zero-order valence-electron chi connectivity index (χ0n) is 17.5. The SMILES string of the molecule is Cn1cc(-c2cccc(-c3ncc(-c4cnn(C5CCCC6(CO6)C5)c4)cn3)c2)cn1. The molecule has 1 spiro atoms. The molecular weight excluding hydrogens is 388 g/mol. The lowest BCUT2D eigenvalue weighted by molar-refractivity contribution is 0.185. The Hall–Kier alpha value is -3.32. The highest BCUT2D eigenvalue weighted by molar-refractivity contribution is 5.70. The van der Waals surface area contributed by atoms with Gasteiger partial charge in [0.05, 0.1) is 30.6 Å². The molecule has 2 unspecified atom stereocenters. The van der Waals surface area contributed by atoms with Gasteiger partial charge in [-0.05, 0) is 30.9 Å². The molecule has 4 heterocycles. The molecule has 156 valence electrons. The summed E-state index contributed by atoms with van der Waals surface area (Å²) in [5.74, 6) is 0.710. The van der Waals surface area contributed by atoms with E-state index in [1.165, 1.54) is 12.8 Å². The second-order valence-corrected chi connectivity index (χ2v) is 8.71. The van der Waals surface area contributed by atoms with Crippen molar-refractivity contribution in [3.05, 3.63) is 61.4 Å². The van der Waals surface area contributed by atoms with Crippen LogP contribution in [-0.4, -0.2) is 41.7 Å². The van der Waals surface area contributed by atoms with E-state index in [0.717, 1.165) is 47.3 Å². The lowest BCUT2D eigenvalue weighted by Gasteiger charge is -2.26. The van der Waals surface area contributed by atoms with Crippen molar-refractivity contribution in [1.29, 1.82) is 0 Å². The molecule has 3 aromatic heterocycles. The summed E-state index contributed by atoms with van der Waals surface area (Å²) in [5.41, 5.74) is 5.34. The molecule has 2 fully saturated rings. The molecule has 1 saturated carbocycles. The second-order valence-electron chi connectivity index (χ2n) is 8.71. The maximum Gasteiger partial charge on any atom is 0.159 e. The predicted octanol–water partition coefficient (Wildman–Crippen LogP) is 4.29. The van der Waals surface area contributed by atoms with Crippen molar-refractivity contribution in [2.45, 2.75) is 37.3 Å². The first-order chi connectivity index (χ1) is 15.2. The number of aromatic nitrogens is 6. The van der Waals surface area contributed by atoms with Crippen LogP contribution in [-0.2, 0) is 11.8 Å². The molecule has 6 rings (SSSR count). The molecule has 0 N–H and O–H groups in total. The van der Waals surface area contributed by atoms with Gasteiger partial charge in [-0.25, -0.2) is 9.97 Å². The Morgan fingerprint density at radius 3 is 2.48 bits per heavy atom. The highest BCUT2D eigenvalue weighted by Gasteiger charge is 2.48. The third-order valence-electron chi connectivity index (χ3n) is 6.45. The zero-order chi connectivity index (χ0) is 20.8. The molecule has 0 bridgehead atoms. The van der Waals surface area contributed by atoms with E-state index >= 15 is 0 Å². The van der Waals surface area contributed by atoms with Crippen LogP contribution in [0.4, 0.5) is 0 Å². The van der Waals surface area contributed by atoms with E-state index in [0.29, 0.717) is 11.9 Å². The van der Waals surface area contributed by atoms with Gasteiger partial charge >= 0.3 is 0 Å². The van der Waals surface area contributed by atoms with E-state index < -0.39 is 0 Å². The van der Waals surface area contributed by atoms with Crippen LogP contribution >= 0.6 is 0 Å². The third kappa shape index (κ3) is 3.55. The van der Waals surface area contributed by atoms with Crippen LogP contribution in [0.25, 0.3) is 33.6 Å². The Bertz CT molecular complexity index is 1220. The van der Waals surface area contributed by atoms with E-state index in [1.54, 1.807) is 4.68 Å². The molecule has 4 aromatic rings. The quantitative estimate of drug-likeness (QED) is 0.468. The summed E-state index contributed by atoms with van der Waals surface area (Å²) < 4.78 is 9.61. The Kier molecular flexibility index (Phi) is 4.24. The summed E-state index contributed by atoms with van der Waals surface area (Å²) in [6, 6.07) is 8.65. The van der Waals surface area contributed by atoms with E-state index in [2.05, 4.69) is 43.2 Å². The minimum Gasteiger partial charge on any atom is -0.370 e. The number of hydrogen-bond acceptors (Lipinski definition) is 5. The fraction of sp³-hybridized carbons (Fsp3) is 0.333. The molecule has 0 radical (unpaired) electrons. The molecule has 2 aliphatic rings. The van der Waals surface area contributed by atoms with Crippen molar-refractivity contribution in [3.8, 4) is 33.6 Å². The van der Waals surface area contributed by atoms with Gasteiger partial charge in [-0.2, -0.15) is 10.2 Å². The molecule has 2 atom stereocenters.